The predicted molar refractivity (Wildman–Crippen MR) is 80.4 cm³/mol. The molecule has 4 heteroatoms. The number of aromatic nitrogens is 2. The van der Waals surface area contributed by atoms with E-state index in [1.54, 1.807) is 0 Å². The molecule has 1 aliphatic rings. The van der Waals surface area contributed by atoms with E-state index in [2.05, 4.69) is 30.7 Å². The first-order chi connectivity index (χ1) is 9.49. The third-order valence-electron chi connectivity index (χ3n) is 4.31. The summed E-state index contributed by atoms with van der Waals surface area (Å²) in [4.78, 5) is 8.81. The van der Waals surface area contributed by atoms with Gasteiger partial charge in [-0.3, -0.25) is 0 Å². The number of aryl methyl sites for hydroxylation is 1. The van der Waals surface area contributed by atoms with Crippen molar-refractivity contribution < 1.29 is 4.74 Å². The SMILES string of the molecule is Cc1cc(CN)nc(OC2CC(C)CCC2C(C)C)n1. The fourth-order valence-electron chi connectivity index (χ4n) is 3.15. The molecule has 1 fully saturated rings. The number of rotatable bonds is 4. The van der Waals surface area contributed by atoms with Gasteiger partial charge in [0.1, 0.15) is 6.10 Å². The Balaban J connectivity index is 2.15. The maximum atomic E-state index is 6.15. The van der Waals surface area contributed by atoms with Gasteiger partial charge in [0.25, 0.3) is 0 Å². The van der Waals surface area contributed by atoms with Crippen molar-refractivity contribution in [2.24, 2.45) is 23.5 Å². The Morgan fingerprint density at radius 1 is 1.35 bits per heavy atom. The molecule has 1 heterocycles. The van der Waals surface area contributed by atoms with Gasteiger partial charge in [-0.05, 0) is 43.6 Å². The van der Waals surface area contributed by atoms with Gasteiger partial charge < -0.3 is 10.5 Å². The summed E-state index contributed by atoms with van der Waals surface area (Å²) in [6.45, 7) is 9.24. The molecule has 0 saturated heterocycles. The Labute approximate surface area is 122 Å². The third-order valence-corrected chi connectivity index (χ3v) is 4.31. The number of ether oxygens (including phenoxy) is 1. The van der Waals surface area contributed by atoms with Crippen LogP contribution < -0.4 is 10.5 Å². The average molecular weight is 277 g/mol. The first kappa shape index (κ1) is 15.2. The molecule has 1 aromatic rings. The molecule has 0 spiro atoms. The van der Waals surface area contributed by atoms with E-state index in [1.807, 2.05) is 13.0 Å². The lowest BCUT2D eigenvalue weighted by Gasteiger charge is -2.36. The molecule has 0 aromatic carbocycles. The minimum Gasteiger partial charge on any atom is -0.460 e. The van der Waals surface area contributed by atoms with Crippen LogP contribution >= 0.6 is 0 Å². The summed E-state index contributed by atoms with van der Waals surface area (Å²) in [6, 6.07) is 2.41. The fourth-order valence-corrected chi connectivity index (χ4v) is 3.15. The second kappa shape index (κ2) is 6.53. The first-order valence-electron chi connectivity index (χ1n) is 7.71. The molecule has 0 bridgehead atoms. The highest BCUT2D eigenvalue weighted by atomic mass is 16.5. The van der Waals surface area contributed by atoms with E-state index in [-0.39, 0.29) is 6.10 Å². The van der Waals surface area contributed by atoms with E-state index in [4.69, 9.17) is 10.5 Å². The molecule has 112 valence electrons. The molecule has 4 nitrogen and oxygen atoms in total. The Morgan fingerprint density at radius 3 is 2.75 bits per heavy atom. The molecular weight excluding hydrogens is 250 g/mol. The van der Waals surface area contributed by atoms with Crippen LogP contribution in [0.5, 0.6) is 6.01 Å². The molecule has 2 rings (SSSR count). The Kier molecular flexibility index (Phi) is 4.97. The molecule has 3 atom stereocenters. The molecule has 0 radical (unpaired) electrons. The van der Waals surface area contributed by atoms with Gasteiger partial charge in [-0.1, -0.05) is 27.2 Å². The third kappa shape index (κ3) is 3.69. The monoisotopic (exact) mass is 277 g/mol. The van der Waals surface area contributed by atoms with Crippen LogP contribution in [0.1, 0.15) is 51.4 Å². The van der Waals surface area contributed by atoms with Crippen LogP contribution in [0, 0.1) is 24.7 Å². The lowest BCUT2D eigenvalue weighted by molar-refractivity contribution is 0.0387. The van der Waals surface area contributed by atoms with Gasteiger partial charge in [0.2, 0.25) is 0 Å². The van der Waals surface area contributed by atoms with Crippen molar-refractivity contribution in [1.29, 1.82) is 0 Å². The van der Waals surface area contributed by atoms with Crippen molar-refractivity contribution in [1.82, 2.24) is 9.97 Å². The maximum Gasteiger partial charge on any atom is 0.317 e. The molecule has 20 heavy (non-hydrogen) atoms. The van der Waals surface area contributed by atoms with E-state index in [0.717, 1.165) is 17.8 Å². The number of nitrogens with zero attached hydrogens (tertiary/aromatic N) is 2. The predicted octanol–water partition coefficient (Wildman–Crippen LogP) is 3.08. The lowest BCUT2D eigenvalue weighted by Crippen LogP contribution is -2.36. The van der Waals surface area contributed by atoms with Gasteiger partial charge in [0.05, 0.1) is 5.69 Å². The number of hydrogen-bond acceptors (Lipinski definition) is 4. The van der Waals surface area contributed by atoms with Crippen molar-refractivity contribution in [2.45, 2.75) is 59.6 Å². The molecular formula is C16H27N3O. The minimum absolute atomic E-state index is 0.228. The van der Waals surface area contributed by atoms with Crippen LogP contribution in [0.25, 0.3) is 0 Å². The van der Waals surface area contributed by atoms with E-state index >= 15 is 0 Å². The van der Waals surface area contributed by atoms with Gasteiger partial charge in [-0.2, -0.15) is 4.98 Å². The molecule has 1 aliphatic carbocycles. The average Bonchev–Trinajstić information content (AvgIpc) is 2.37. The highest BCUT2D eigenvalue weighted by Gasteiger charge is 2.32. The Bertz CT molecular complexity index is 447. The Hall–Kier alpha value is -1.16. The summed E-state index contributed by atoms with van der Waals surface area (Å²) in [5, 5.41) is 0. The largest absolute Gasteiger partial charge is 0.460 e. The molecule has 0 aliphatic heterocycles. The van der Waals surface area contributed by atoms with Crippen LogP contribution in [0.4, 0.5) is 0 Å². The molecule has 2 N–H and O–H groups in total. The van der Waals surface area contributed by atoms with Gasteiger partial charge >= 0.3 is 6.01 Å². The van der Waals surface area contributed by atoms with Gasteiger partial charge in [0.15, 0.2) is 0 Å². The highest BCUT2D eigenvalue weighted by Crippen LogP contribution is 2.35. The molecule has 0 amide bonds. The van der Waals surface area contributed by atoms with E-state index in [9.17, 15) is 0 Å². The number of nitrogens with two attached hydrogens (primary N) is 1. The van der Waals surface area contributed by atoms with Gasteiger partial charge in [-0.15, -0.1) is 0 Å². The standard InChI is InChI=1S/C16H27N3O/c1-10(2)14-6-5-11(3)7-15(14)20-16-18-12(4)8-13(9-17)19-16/h8,10-11,14-15H,5-7,9,17H2,1-4H3. The van der Waals surface area contributed by atoms with Crippen LogP contribution in [0.15, 0.2) is 6.07 Å². The summed E-state index contributed by atoms with van der Waals surface area (Å²) >= 11 is 0. The molecule has 3 unspecified atom stereocenters. The summed E-state index contributed by atoms with van der Waals surface area (Å²) < 4.78 is 6.15. The normalized spacial score (nSPS) is 26.8. The van der Waals surface area contributed by atoms with Crippen molar-refractivity contribution in [3.63, 3.8) is 0 Å². The topological polar surface area (TPSA) is 61.0 Å². The summed E-state index contributed by atoms with van der Waals surface area (Å²) in [7, 11) is 0. The van der Waals surface area contributed by atoms with Crippen LogP contribution in [-0.2, 0) is 6.54 Å². The van der Waals surface area contributed by atoms with Crippen molar-refractivity contribution in [3.8, 4) is 6.01 Å². The second-order valence-corrected chi connectivity index (χ2v) is 6.47. The van der Waals surface area contributed by atoms with E-state index < -0.39 is 0 Å². The first-order valence-corrected chi connectivity index (χ1v) is 7.71. The van der Waals surface area contributed by atoms with Crippen molar-refractivity contribution in [3.05, 3.63) is 17.5 Å². The highest BCUT2D eigenvalue weighted by molar-refractivity contribution is 5.12. The zero-order valence-corrected chi connectivity index (χ0v) is 13.1. The summed E-state index contributed by atoms with van der Waals surface area (Å²) in [5.41, 5.74) is 7.43. The second-order valence-electron chi connectivity index (χ2n) is 6.47. The van der Waals surface area contributed by atoms with Gasteiger partial charge in [-0.25, -0.2) is 4.98 Å². The summed E-state index contributed by atoms with van der Waals surface area (Å²) in [6.07, 6.45) is 3.86. The van der Waals surface area contributed by atoms with Crippen LogP contribution in [-0.4, -0.2) is 16.1 Å². The molecule has 1 saturated carbocycles. The zero-order valence-electron chi connectivity index (χ0n) is 13.1. The van der Waals surface area contributed by atoms with E-state index in [0.29, 0.717) is 30.3 Å². The van der Waals surface area contributed by atoms with Crippen molar-refractivity contribution >= 4 is 0 Å². The van der Waals surface area contributed by atoms with Crippen LogP contribution in [0.2, 0.25) is 0 Å². The maximum absolute atomic E-state index is 6.15. The lowest BCUT2D eigenvalue weighted by atomic mass is 9.75. The van der Waals surface area contributed by atoms with Gasteiger partial charge in [0, 0.05) is 12.2 Å². The fraction of sp³-hybridized carbons (Fsp3) is 0.750. The van der Waals surface area contributed by atoms with Crippen molar-refractivity contribution in [2.75, 3.05) is 0 Å². The quantitative estimate of drug-likeness (QED) is 0.918. The summed E-state index contributed by atoms with van der Waals surface area (Å²) in [5.74, 6) is 1.94. The zero-order chi connectivity index (χ0) is 14.7. The number of hydrogen-bond donors (Lipinski definition) is 1. The molecule has 1 aromatic heterocycles. The Morgan fingerprint density at radius 2 is 2.10 bits per heavy atom. The smallest absolute Gasteiger partial charge is 0.317 e. The van der Waals surface area contributed by atoms with Crippen LogP contribution in [0.3, 0.4) is 0 Å². The van der Waals surface area contributed by atoms with E-state index in [1.165, 1.54) is 12.8 Å². The minimum atomic E-state index is 0.228.